The van der Waals surface area contributed by atoms with Gasteiger partial charge < -0.3 is 9.47 Å². The molecule has 132 valence electrons. The quantitative estimate of drug-likeness (QED) is 0.377. The number of hydrogen-bond donors (Lipinski definition) is 0. The van der Waals surface area contributed by atoms with Gasteiger partial charge in [0.25, 0.3) is 0 Å². The fraction of sp³-hybridized carbons (Fsp3) is 0.0400. The molecule has 2 heteroatoms. The summed E-state index contributed by atoms with van der Waals surface area (Å²) in [7, 11) is 0. The first-order valence-electron chi connectivity index (χ1n) is 8.99. The molecule has 0 amide bonds. The maximum Gasteiger partial charge on any atom is 0.127 e. The Bertz CT molecular complexity index is 912. The van der Waals surface area contributed by atoms with Crippen LogP contribution in [0.25, 0.3) is 0 Å². The van der Waals surface area contributed by atoms with Crippen molar-refractivity contribution in [3.05, 3.63) is 120 Å². The Labute approximate surface area is 159 Å². The van der Waals surface area contributed by atoms with Gasteiger partial charge in [0.05, 0.1) is 0 Å². The van der Waals surface area contributed by atoms with Crippen molar-refractivity contribution in [1.29, 1.82) is 0 Å². The minimum Gasteiger partial charge on any atom is -0.457 e. The Balaban J connectivity index is 1.47. The van der Waals surface area contributed by atoms with Crippen LogP contribution in [0.4, 0.5) is 0 Å². The Morgan fingerprint density at radius 3 is 1.26 bits per heavy atom. The van der Waals surface area contributed by atoms with Crippen LogP contribution in [0.5, 0.6) is 23.0 Å². The van der Waals surface area contributed by atoms with Crippen molar-refractivity contribution in [3.63, 3.8) is 0 Å². The SMILES string of the molecule is c1ccc(Oc2cccc(Cc3cccc(Oc4ccccc4)c3)c2)cc1. The molecule has 0 atom stereocenters. The summed E-state index contributed by atoms with van der Waals surface area (Å²) in [4.78, 5) is 0. The molecule has 0 aliphatic carbocycles. The third-order valence-corrected chi connectivity index (χ3v) is 4.16. The highest BCUT2D eigenvalue weighted by Crippen LogP contribution is 2.25. The molecule has 0 aliphatic rings. The van der Waals surface area contributed by atoms with E-state index >= 15 is 0 Å². The molecule has 0 saturated heterocycles. The molecule has 4 aromatic rings. The highest BCUT2D eigenvalue weighted by Gasteiger charge is 2.03. The number of para-hydroxylation sites is 2. The van der Waals surface area contributed by atoms with E-state index in [4.69, 9.17) is 9.47 Å². The fourth-order valence-corrected chi connectivity index (χ4v) is 2.92. The van der Waals surface area contributed by atoms with E-state index < -0.39 is 0 Å². The minimum absolute atomic E-state index is 0.817. The Hall–Kier alpha value is -3.52. The van der Waals surface area contributed by atoms with Gasteiger partial charge in [0.2, 0.25) is 0 Å². The predicted octanol–water partition coefficient (Wildman–Crippen LogP) is 6.86. The van der Waals surface area contributed by atoms with Crippen LogP contribution in [0.15, 0.2) is 109 Å². The average molecular weight is 352 g/mol. The number of ether oxygens (including phenoxy) is 2. The normalized spacial score (nSPS) is 10.4. The van der Waals surface area contributed by atoms with Crippen molar-refractivity contribution in [1.82, 2.24) is 0 Å². The van der Waals surface area contributed by atoms with E-state index in [1.54, 1.807) is 0 Å². The summed E-state index contributed by atoms with van der Waals surface area (Å²) >= 11 is 0. The molecule has 0 N–H and O–H groups in total. The van der Waals surface area contributed by atoms with Gasteiger partial charge in [-0.05, 0) is 66.1 Å². The molecule has 0 aliphatic heterocycles. The van der Waals surface area contributed by atoms with E-state index in [-0.39, 0.29) is 0 Å². The van der Waals surface area contributed by atoms with Gasteiger partial charge in [0.15, 0.2) is 0 Å². The van der Waals surface area contributed by atoms with Crippen molar-refractivity contribution < 1.29 is 9.47 Å². The standard InChI is InChI=1S/C25H20O2/c1-3-11-22(12-4-1)26-24-15-7-9-20(18-24)17-21-10-8-16-25(19-21)27-23-13-5-2-6-14-23/h1-16,18-19H,17H2. The molecular formula is C25H20O2. The Kier molecular flexibility index (Phi) is 5.16. The summed E-state index contributed by atoms with van der Waals surface area (Å²) in [5.41, 5.74) is 2.39. The summed E-state index contributed by atoms with van der Waals surface area (Å²) in [5, 5.41) is 0. The third kappa shape index (κ3) is 4.77. The highest BCUT2D eigenvalue weighted by atomic mass is 16.5. The van der Waals surface area contributed by atoms with Crippen LogP contribution in [-0.4, -0.2) is 0 Å². The maximum absolute atomic E-state index is 5.93. The summed E-state index contributed by atoms with van der Waals surface area (Å²) < 4.78 is 11.9. The van der Waals surface area contributed by atoms with E-state index in [0.29, 0.717) is 0 Å². The molecule has 0 aromatic heterocycles. The first-order valence-corrected chi connectivity index (χ1v) is 8.99. The molecule has 0 unspecified atom stereocenters. The smallest absolute Gasteiger partial charge is 0.127 e. The lowest BCUT2D eigenvalue weighted by atomic mass is 10.0. The van der Waals surface area contributed by atoms with Gasteiger partial charge in [0.1, 0.15) is 23.0 Å². The summed E-state index contributed by atoms with van der Waals surface area (Å²) in [6, 6.07) is 36.1. The first-order chi connectivity index (χ1) is 13.3. The zero-order valence-corrected chi connectivity index (χ0v) is 14.9. The largest absolute Gasteiger partial charge is 0.457 e. The summed E-state index contributed by atoms with van der Waals surface area (Å²) in [6.45, 7) is 0. The number of hydrogen-bond acceptors (Lipinski definition) is 2. The molecule has 2 nitrogen and oxygen atoms in total. The summed E-state index contributed by atoms with van der Waals surface area (Å²) in [5.74, 6) is 3.37. The maximum atomic E-state index is 5.93. The second kappa shape index (κ2) is 8.24. The zero-order valence-electron chi connectivity index (χ0n) is 14.9. The van der Waals surface area contributed by atoms with E-state index in [9.17, 15) is 0 Å². The van der Waals surface area contributed by atoms with Gasteiger partial charge in [-0.25, -0.2) is 0 Å². The second-order valence-electron chi connectivity index (χ2n) is 6.30. The topological polar surface area (TPSA) is 18.5 Å². The lowest BCUT2D eigenvalue weighted by Crippen LogP contribution is -1.91. The van der Waals surface area contributed by atoms with E-state index in [2.05, 4.69) is 24.3 Å². The molecular weight excluding hydrogens is 332 g/mol. The third-order valence-electron chi connectivity index (χ3n) is 4.16. The molecule has 0 spiro atoms. The van der Waals surface area contributed by atoms with Crippen LogP contribution in [0.2, 0.25) is 0 Å². The van der Waals surface area contributed by atoms with Gasteiger partial charge in [-0.1, -0.05) is 60.7 Å². The first kappa shape index (κ1) is 16.9. The molecule has 27 heavy (non-hydrogen) atoms. The summed E-state index contributed by atoms with van der Waals surface area (Å²) in [6.07, 6.45) is 0.817. The molecule has 0 saturated carbocycles. The van der Waals surface area contributed by atoms with Crippen molar-refractivity contribution in [2.45, 2.75) is 6.42 Å². The van der Waals surface area contributed by atoms with Crippen LogP contribution < -0.4 is 9.47 Å². The van der Waals surface area contributed by atoms with Gasteiger partial charge in [-0.15, -0.1) is 0 Å². The molecule has 0 fully saturated rings. The van der Waals surface area contributed by atoms with Crippen LogP contribution in [0.1, 0.15) is 11.1 Å². The van der Waals surface area contributed by atoms with Crippen LogP contribution in [0, 0.1) is 0 Å². The molecule has 0 heterocycles. The lowest BCUT2D eigenvalue weighted by Gasteiger charge is -2.09. The van der Waals surface area contributed by atoms with Gasteiger partial charge in [-0.2, -0.15) is 0 Å². The zero-order chi connectivity index (χ0) is 18.3. The van der Waals surface area contributed by atoms with Gasteiger partial charge >= 0.3 is 0 Å². The van der Waals surface area contributed by atoms with Crippen LogP contribution >= 0.6 is 0 Å². The monoisotopic (exact) mass is 352 g/mol. The number of rotatable bonds is 6. The highest BCUT2D eigenvalue weighted by molar-refractivity contribution is 5.39. The van der Waals surface area contributed by atoms with Crippen LogP contribution in [0.3, 0.4) is 0 Å². The fourth-order valence-electron chi connectivity index (χ4n) is 2.92. The molecule has 4 rings (SSSR count). The van der Waals surface area contributed by atoms with Crippen molar-refractivity contribution >= 4 is 0 Å². The average Bonchev–Trinajstić information content (AvgIpc) is 2.70. The van der Waals surface area contributed by atoms with E-state index in [0.717, 1.165) is 29.4 Å². The predicted molar refractivity (Wildman–Crippen MR) is 109 cm³/mol. The lowest BCUT2D eigenvalue weighted by molar-refractivity contribution is 0.481. The Morgan fingerprint density at radius 2 is 0.815 bits per heavy atom. The van der Waals surface area contributed by atoms with Crippen molar-refractivity contribution in [3.8, 4) is 23.0 Å². The molecule has 0 bridgehead atoms. The minimum atomic E-state index is 0.817. The van der Waals surface area contributed by atoms with E-state index in [1.165, 1.54) is 11.1 Å². The molecule has 4 aromatic carbocycles. The van der Waals surface area contributed by atoms with Gasteiger partial charge in [0, 0.05) is 0 Å². The number of benzene rings is 4. The Morgan fingerprint density at radius 1 is 0.407 bits per heavy atom. The van der Waals surface area contributed by atoms with Crippen molar-refractivity contribution in [2.75, 3.05) is 0 Å². The van der Waals surface area contributed by atoms with Gasteiger partial charge in [-0.3, -0.25) is 0 Å². The van der Waals surface area contributed by atoms with E-state index in [1.807, 2.05) is 84.9 Å². The van der Waals surface area contributed by atoms with Crippen molar-refractivity contribution in [2.24, 2.45) is 0 Å². The second-order valence-corrected chi connectivity index (χ2v) is 6.30. The molecule has 0 radical (unpaired) electrons. The van der Waals surface area contributed by atoms with Crippen LogP contribution in [-0.2, 0) is 6.42 Å².